The van der Waals surface area contributed by atoms with Gasteiger partial charge in [-0.1, -0.05) is 26.8 Å². The molecule has 0 spiro atoms. The third-order valence-electron chi connectivity index (χ3n) is 4.81. The Hall–Kier alpha value is -2.24. The zero-order valence-electron chi connectivity index (χ0n) is 16.6. The lowest BCUT2D eigenvalue weighted by molar-refractivity contribution is -0.145. The van der Waals surface area contributed by atoms with Crippen molar-refractivity contribution in [3.05, 3.63) is 23.8 Å². The summed E-state index contributed by atoms with van der Waals surface area (Å²) >= 11 is 0. The third-order valence-corrected chi connectivity index (χ3v) is 4.81. The molecule has 1 fully saturated rings. The van der Waals surface area contributed by atoms with Crippen molar-refractivity contribution >= 4 is 11.9 Å². The number of carbonyl (C=O) groups is 2. The van der Waals surface area contributed by atoms with Crippen LogP contribution in [0.5, 0.6) is 11.5 Å². The fourth-order valence-corrected chi connectivity index (χ4v) is 3.35. The predicted octanol–water partition coefficient (Wildman–Crippen LogP) is 3.38. The normalized spacial score (nSPS) is 20.3. The number of amides is 1. The van der Waals surface area contributed by atoms with Crippen LogP contribution in [0.4, 0.5) is 0 Å². The average Bonchev–Trinajstić information content (AvgIpc) is 3.19. The second-order valence-corrected chi connectivity index (χ2v) is 8.55. The van der Waals surface area contributed by atoms with Crippen LogP contribution in [-0.2, 0) is 20.9 Å². The maximum Gasteiger partial charge on any atom is 0.309 e. The van der Waals surface area contributed by atoms with E-state index >= 15 is 0 Å². The molecule has 6 heteroatoms. The third kappa shape index (κ3) is 5.15. The Morgan fingerprint density at radius 1 is 1.22 bits per heavy atom. The molecule has 2 atom stereocenters. The van der Waals surface area contributed by atoms with Gasteiger partial charge in [0.25, 0.3) is 0 Å². The molecule has 1 aliphatic heterocycles. The van der Waals surface area contributed by atoms with Crippen molar-refractivity contribution in [3.63, 3.8) is 0 Å². The summed E-state index contributed by atoms with van der Waals surface area (Å²) in [7, 11) is 0. The number of fused-ring (bicyclic) bond motifs is 1. The molecule has 1 aromatic rings. The van der Waals surface area contributed by atoms with Crippen molar-refractivity contribution in [1.29, 1.82) is 0 Å². The molecule has 148 valence electrons. The summed E-state index contributed by atoms with van der Waals surface area (Å²) in [6.07, 6.45) is 1.26. The van der Waals surface area contributed by atoms with Gasteiger partial charge in [-0.05, 0) is 42.4 Å². The lowest BCUT2D eigenvalue weighted by atomic mass is 9.91. The summed E-state index contributed by atoms with van der Waals surface area (Å²) in [5, 5.41) is 0. The van der Waals surface area contributed by atoms with Gasteiger partial charge in [-0.15, -0.1) is 0 Å². The molecule has 0 N–H and O–H groups in total. The van der Waals surface area contributed by atoms with E-state index in [4.69, 9.17) is 14.2 Å². The summed E-state index contributed by atoms with van der Waals surface area (Å²) in [5.41, 5.74) is 0.906. The highest BCUT2D eigenvalue weighted by molar-refractivity contribution is 5.78. The molecule has 0 aromatic heterocycles. The first-order valence-electron chi connectivity index (χ1n) is 9.60. The fourth-order valence-electron chi connectivity index (χ4n) is 3.35. The monoisotopic (exact) mass is 375 g/mol. The van der Waals surface area contributed by atoms with Gasteiger partial charge in [0.2, 0.25) is 12.7 Å². The van der Waals surface area contributed by atoms with Gasteiger partial charge in [-0.2, -0.15) is 0 Å². The van der Waals surface area contributed by atoms with Crippen molar-refractivity contribution in [1.82, 2.24) is 4.90 Å². The van der Waals surface area contributed by atoms with Crippen LogP contribution in [0.1, 0.15) is 46.1 Å². The quantitative estimate of drug-likeness (QED) is 0.684. The first-order valence-corrected chi connectivity index (χ1v) is 9.60. The Morgan fingerprint density at radius 3 is 2.67 bits per heavy atom. The minimum atomic E-state index is -0.145. The molecule has 1 saturated carbocycles. The molecule has 3 rings (SSSR count). The zero-order valence-corrected chi connectivity index (χ0v) is 16.6. The molecule has 1 heterocycles. The van der Waals surface area contributed by atoms with Crippen LogP contribution in [0.25, 0.3) is 0 Å². The molecular weight excluding hydrogens is 346 g/mol. The number of nitrogens with zero attached hydrogens (tertiary/aromatic N) is 1. The van der Waals surface area contributed by atoms with Crippen LogP contribution in [0.15, 0.2) is 18.2 Å². The second-order valence-electron chi connectivity index (χ2n) is 8.55. The molecule has 0 radical (unpaired) electrons. The van der Waals surface area contributed by atoms with E-state index in [0.29, 0.717) is 31.9 Å². The SMILES string of the molecule is CCOC(=O)[C@@H]1C[C@H]1CN(Cc1ccc2c(c1)OCO2)C(=O)CC(C)(C)C. The summed E-state index contributed by atoms with van der Waals surface area (Å²) in [5.74, 6) is 1.51. The van der Waals surface area contributed by atoms with Gasteiger partial charge in [-0.3, -0.25) is 9.59 Å². The van der Waals surface area contributed by atoms with Gasteiger partial charge in [-0.25, -0.2) is 0 Å². The van der Waals surface area contributed by atoms with Crippen LogP contribution in [0.2, 0.25) is 0 Å². The van der Waals surface area contributed by atoms with Gasteiger partial charge < -0.3 is 19.1 Å². The minimum absolute atomic E-state index is 0.0772. The number of carbonyl (C=O) groups excluding carboxylic acids is 2. The topological polar surface area (TPSA) is 65.1 Å². The predicted molar refractivity (Wildman–Crippen MR) is 100 cm³/mol. The summed E-state index contributed by atoms with van der Waals surface area (Å²) in [6, 6.07) is 5.76. The van der Waals surface area contributed by atoms with Gasteiger partial charge in [0.15, 0.2) is 11.5 Å². The standard InChI is InChI=1S/C21H29NO5/c1-5-25-20(24)16-9-15(16)12-22(19(23)10-21(2,3)4)11-14-6-7-17-18(8-14)27-13-26-17/h6-8,15-16H,5,9-13H2,1-4H3/t15-,16+/m0/s1. The van der Waals surface area contributed by atoms with E-state index in [1.165, 1.54) is 0 Å². The van der Waals surface area contributed by atoms with Crippen molar-refractivity contribution in [3.8, 4) is 11.5 Å². The van der Waals surface area contributed by atoms with E-state index in [9.17, 15) is 9.59 Å². The highest BCUT2D eigenvalue weighted by atomic mass is 16.7. The van der Waals surface area contributed by atoms with E-state index in [1.807, 2.05) is 30.0 Å². The van der Waals surface area contributed by atoms with Crippen molar-refractivity contribution in [2.24, 2.45) is 17.3 Å². The average molecular weight is 375 g/mol. The highest BCUT2D eigenvalue weighted by Crippen LogP contribution is 2.41. The van der Waals surface area contributed by atoms with E-state index in [2.05, 4.69) is 20.8 Å². The van der Waals surface area contributed by atoms with E-state index in [-0.39, 0.29) is 35.9 Å². The Morgan fingerprint density at radius 2 is 1.96 bits per heavy atom. The molecule has 0 bridgehead atoms. The van der Waals surface area contributed by atoms with Crippen molar-refractivity contribution in [2.75, 3.05) is 19.9 Å². The van der Waals surface area contributed by atoms with E-state index in [1.54, 1.807) is 0 Å². The lowest BCUT2D eigenvalue weighted by Gasteiger charge is -2.27. The maximum absolute atomic E-state index is 12.9. The van der Waals surface area contributed by atoms with Gasteiger partial charge >= 0.3 is 5.97 Å². The Labute approximate surface area is 160 Å². The summed E-state index contributed by atoms with van der Waals surface area (Å²) < 4.78 is 15.9. The van der Waals surface area contributed by atoms with Crippen LogP contribution < -0.4 is 9.47 Å². The van der Waals surface area contributed by atoms with Crippen LogP contribution >= 0.6 is 0 Å². The van der Waals surface area contributed by atoms with Crippen molar-refractivity contribution in [2.45, 2.75) is 47.1 Å². The Balaban J connectivity index is 1.68. The summed E-state index contributed by atoms with van der Waals surface area (Å²) in [6.45, 7) is 9.69. The molecular formula is C21H29NO5. The Kier molecular flexibility index (Phi) is 5.63. The molecule has 1 aliphatic carbocycles. The van der Waals surface area contributed by atoms with Gasteiger partial charge in [0, 0.05) is 19.5 Å². The fraction of sp³-hybridized carbons (Fsp3) is 0.619. The molecule has 6 nitrogen and oxygen atoms in total. The molecule has 1 aromatic carbocycles. The van der Waals surface area contributed by atoms with Crippen LogP contribution in [-0.4, -0.2) is 36.7 Å². The largest absolute Gasteiger partial charge is 0.466 e. The van der Waals surface area contributed by atoms with Crippen molar-refractivity contribution < 1.29 is 23.8 Å². The molecule has 0 unspecified atom stereocenters. The zero-order chi connectivity index (χ0) is 19.6. The summed E-state index contributed by atoms with van der Waals surface area (Å²) in [4.78, 5) is 26.7. The smallest absolute Gasteiger partial charge is 0.309 e. The number of hydrogen-bond donors (Lipinski definition) is 0. The van der Waals surface area contributed by atoms with Gasteiger partial charge in [0.05, 0.1) is 12.5 Å². The van der Waals surface area contributed by atoms with E-state index < -0.39 is 0 Å². The molecule has 0 saturated heterocycles. The minimum Gasteiger partial charge on any atom is -0.466 e. The first-order chi connectivity index (χ1) is 12.8. The number of esters is 1. The first kappa shape index (κ1) is 19.5. The number of ether oxygens (including phenoxy) is 3. The Bertz CT molecular complexity index is 709. The second kappa shape index (κ2) is 7.79. The highest BCUT2D eigenvalue weighted by Gasteiger charge is 2.45. The molecule has 2 aliphatic rings. The number of benzene rings is 1. The molecule has 1 amide bonds. The molecule has 27 heavy (non-hydrogen) atoms. The number of rotatable bonds is 7. The number of hydrogen-bond acceptors (Lipinski definition) is 5. The van der Waals surface area contributed by atoms with Gasteiger partial charge in [0.1, 0.15) is 0 Å². The lowest BCUT2D eigenvalue weighted by Crippen LogP contribution is -2.35. The van der Waals surface area contributed by atoms with Crippen LogP contribution in [0.3, 0.4) is 0 Å². The van der Waals surface area contributed by atoms with E-state index in [0.717, 1.165) is 17.7 Å². The van der Waals surface area contributed by atoms with Crippen LogP contribution in [0, 0.1) is 17.3 Å². The maximum atomic E-state index is 12.9.